The van der Waals surface area contributed by atoms with Gasteiger partial charge in [-0.1, -0.05) is 18.6 Å². The molecule has 0 spiro atoms. The maximum Gasteiger partial charge on any atom is 0.233 e. The molecule has 1 unspecified atom stereocenters. The number of nitrogens with one attached hydrogen (secondary N) is 2. The Labute approximate surface area is 132 Å². The second kappa shape index (κ2) is 7.32. The lowest BCUT2D eigenvalue weighted by Gasteiger charge is -2.21. The molecule has 1 saturated heterocycles. The number of carbonyl (C=O) groups is 1. The van der Waals surface area contributed by atoms with Crippen LogP contribution in [-0.2, 0) is 11.3 Å². The lowest BCUT2D eigenvalue weighted by molar-refractivity contribution is -0.120. The van der Waals surface area contributed by atoms with E-state index in [-0.39, 0.29) is 16.7 Å². The van der Waals surface area contributed by atoms with Crippen LogP contribution in [0.25, 0.3) is 0 Å². The highest BCUT2D eigenvalue weighted by Gasteiger charge is 2.21. The Hall–Kier alpha value is -1.00. The number of hydrogen-bond donors (Lipinski definition) is 2. The third-order valence-corrected chi connectivity index (χ3v) is 4.74. The second-order valence-corrected chi connectivity index (χ2v) is 7.92. The topological polar surface area (TPSA) is 41.1 Å². The zero-order valence-corrected chi connectivity index (χ0v) is 14.1. The molecule has 1 aromatic rings. The first kappa shape index (κ1) is 16.4. The Morgan fingerprint density at radius 3 is 2.90 bits per heavy atom. The molecule has 1 heterocycles. The van der Waals surface area contributed by atoms with Gasteiger partial charge in [-0.15, -0.1) is 11.8 Å². The molecule has 1 atom stereocenters. The minimum absolute atomic E-state index is 0.0540. The summed E-state index contributed by atoms with van der Waals surface area (Å²) in [6, 6.07) is 8.51. The molecule has 0 aromatic heterocycles. The van der Waals surface area contributed by atoms with Crippen molar-refractivity contribution in [2.75, 3.05) is 6.54 Å². The van der Waals surface area contributed by atoms with E-state index in [0.717, 1.165) is 32.4 Å². The summed E-state index contributed by atoms with van der Waals surface area (Å²) in [7, 11) is 0. The van der Waals surface area contributed by atoms with Crippen LogP contribution in [0, 0.1) is 0 Å². The van der Waals surface area contributed by atoms with Crippen LogP contribution in [0.5, 0.6) is 0 Å². The van der Waals surface area contributed by atoms with E-state index < -0.39 is 0 Å². The van der Waals surface area contributed by atoms with Crippen LogP contribution in [0.15, 0.2) is 29.2 Å². The number of benzene rings is 1. The van der Waals surface area contributed by atoms with Crippen molar-refractivity contribution in [2.24, 2.45) is 0 Å². The van der Waals surface area contributed by atoms with E-state index in [2.05, 4.69) is 55.7 Å². The van der Waals surface area contributed by atoms with E-state index in [4.69, 9.17) is 0 Å². The molecule has 0 saturated carbocycles. The van der Waals surface area contributed by atoms with Crippen LogP contribution < -0.4 is 10.6 Å². The maximum atomic E-state index is 12.0. The first-order valence-corrected chi connectivity index (χ1v) is 8.60. The molecule has 1 aromatic carbocycles. The molecule has 4 heteroatoms. The van der Waals surface area contributed by atoms with Gasteiger partial charge >= 0.3 is 0 Å². The van der Waals surface area contributed by atoms with Crippen LogP contribution in [-0.4, -0.2) is 23.2 Å². The van der Waals surface area contributed by atoms with Gasteiger partial charge in [-0.3, -0.25) is 4.79 Å². The van der Waals surface area contributed by atoms with Gasteiger partial charge in [0, 0.05) is 23.5 Å². The van der Waals surface area contributed by atoms with Crippen molar-refractivity contribution in [3.05, 3.63) is 29.8 Å². The Morgan fingerprint density at radius 2 is 2.14 bits per heavy atom. The van der Waals surface area contributed by atoms with Gasteiger partial charge in [0.1, 0.15) is 0 Å². The summed E-state index contributed by atoms with van der Waals surface area (Å²) in [5.74, 6) is 0.190. The predicted octanol–water partition coefficient (Wildman–Crippen LogP) is 3.34. The minimum Gasteiger partial charge on any atom is -0.355 e. The highest BCUT2D eigenvalue weighted by molar-refractivity contribution is 8.00. The van der Waals surface area contributed by atoms with Crippen molar-refractivity contribution in [1.29, 1.82) is 0 Å². The van der Waals surface area contributed by atoms with Gasteiger partial charge in [0.15, 0.2) is 0 Å². The number of amides is 1. The fourth-order valence-corrected chi connectivity index (χ4v) is 3.46. The van der Waals surface area contributed by atoms with Crippen molar-refractivity contribution >= 4 is 17.7 Å². The van der Waals surface area contributed by atoms with Gasteiger partial charge < -0.3 is 10.6 Å². The van der Waals surface area contributed by atoms with E-state index in [9.17, 15) is 4.79 Å². The van der Waals surface area contributed by atoms with E-state index in [1.54, 1.807) is 11.8 Å². The summed E-state index contributed by atoms with van der Waals surface area (Å²) in [5.41, 5.74) is 1.38. The van der Waals surface area contributed by atoms with E-state index >= 15 is 0 Å². The summed E-state index contributed by atoms with van der Waals surface area (Å²) < 4.78 is 0. The molecule has 0 aliphatic carbocycles. The van der Waals surface area contributed by atoms with Gasteiger partial charge in [0.25, 0.3) is 0 Å². The maximum absolute atomic E-state index is 12.0. The standard InChI is InChI=1S/C17H26N2OS/c1-17(2,3)19-12-13-7-6-8-14(11-13)21-15-9-4-5-10-18-16(15)20/h6-8,11,15,19H,4-5,9-10,12H2,1-3H3,(H,18,20). The lowest BCUT2D eigenvalue weighted by Crippen LogP contribution is -2.35. The van der Waals surface area contributed by atoms with Crippen LogP contribution in [0.2, 0.25) is 0 Å². The van der Waals surface area contributed by atoms with Crippen molar-refractivity contribution in [3.8, 4) is 0 Å². The summed E-state index contributed by atoms with van der Waals surface area (Å²) in [6.45, 7) is 8.19. The summed E-state index contributed by atoms with van der Waals surface area (Å²) in [5, 5.41) is 6.56. The predicted molar refractivity (Wildman–Crippen MR) is 89.5 cm³/mol. The highest BCUT2D eigenvalue weighted by atomic mass is 32.2. The first-order valence-electron chi connectivity index (χ1n) is 7.72. The average molecular weight is 306 g/mol. The third-order valence-electron chi connectivity index (χ3n) is 3.48. The van der Waals surface area contributed by atoms with E-state index in [1.807, 2.05) is 0 Å². The van der Waals surface area contributed by atoms with Crippen LogP contribution in [0.4, 0.5) is 0 Å². The van der Waals surface area contributed by atoms with Crippen LogP contribution in [0.1, 0.15) is 45.6 Å². The molecule has 0 radical (unpaired) electrons. The number of hydrogen-bond acceptors (Lipinski definition) is 3. The van der Waals surface area contributed by atoms with Crippen molar-refractivity contribution in [1.82, 2.24) is 10.6 Å². The Bertz CT molecular complexity index is 482. The quantitative estimate of drug-likeness (QED) is 0.896. The lowest BCUT2D eigenvalue weighted by atomic mass is 10.1. The Kier molecular flexibility index (Phi) is 5.71. The fraction of sp³-hybridized carbons (Fsp3) is 0.588. The first-order chi connectivity index (χ1) is 9.94. The Balaban J connectivity index is 1.98. The zero-order valence-electron chi connectivity index (χ0n) is 13.2. The van der Waals surface area contributed by atoms with Crippen LogP contribution in [0.3, 0.4) is 0 Å². The fourth-order valence-electron chi connectivity index (χ4n) is 2.28. The normalized spacial score (nSPS) is 20.0. The minimum atomic E-state index is 0.0540. The van der Waals surface area contributed by atoms with Gasteiger partial charge in [0.05, 0.1) is 5.25 Å². The molecule has 3 nitrogen and oxygen atoms in total. The molecule has 1 aliphatic rings. The second-order valence-electron chi connectivity index (χ2n) is 6.64. The molecular formula is C17H26N2OS. The molecule has 2 rings (SSSR count). The average Bonchev–Trinajstić information content (AvgIpc) is 2.62. The largest absolute Gasteiger partial charge is 0.355 e. The van der Waals surface area contributed by atoms with Gasteiger partial charge in [-0.05, 0) is 51.3 Å². The Morgan fingerprint density at radius 1 is 1.33 bits per heavy atom. The van der Waals surface area contributed by atoms with Crippen molar-refractivity contribution in [3.63, 3.8) is 0 Å². The van der Waals surface area contributed by atoms with Gasteiger partial charge in [-0.2, -0.15) is 0 Å². The van der Waals surface area contributed by atoms with Gasteiger partial charge in [-0.25, -0.2) is 0 Å². The summed E-state index contributed by atoms with van der Waals surface area (Å²) in [4.78, 5) is 13.2. The molecule has 1 fully saturated rings. The highest BCUT2D eigenvalue weighted by Crippen LogP contribution is 2.28. The number of thioether (sulfide) groups is 1. The smallest absolute Gasteiger partial charge is 0.233 e. The summed E-state index contributed by atoms with van der Waals surface area (Å²) in [6.07, 6.45) is 3.20. The SMILES string of the molecule is CC(C)(C)NCc1cccc(SC2CCCCNC2=O)c1. The van der Waals surface area contributed by atoms with Crippen molar-refractivity contribution in [2.45, 2.75) is 62.3 Å². The number of carbonyl (C=O) groups excluding carboxylic acids is 1. The molecule has 116 valence electrons. The van der Waals surface area contributed by atoms with Crippen molar-refractivity contribution < 1.29 is 4.79 Å². The molecule has 1 amide bonds. The van der Waals surface area contributed by atoms with Crippen LogP contribution >= 0.6 is 11.8 Å². The summed E-state index contributed by atoms with van der Waals surface area (Å²) >= 11 is 1.69. The molecule has 2 N–H and O–H groups in total. The zero-order chi connectivity index (χ0) is 15.3. The van der Waals surface area contributed by atoms with E-state index in [0.29, 0.717) is 0 Å². The monoisotopic (exact) mass is 306 g/mol. The van der Waals surface area contributed by atoms with E-state index in [1.165, 1.54) is 10.5 Å². The van der Waals surface area contributed by atoms with Gasteiger partial charge in [0.2, 0.25) is 5.91 Å². The molecule has 1 aliphatic heterocycles. The number of rotatable bonds is 4. The molecule has 0 bridgehead atoms. The molecular weight excluding hydrogens is 280 g/mol. The third kappa shape index (κ3) is 5.71. The molecule has 21 heavy (non-hydrogen) atoms.